The second-order valence-electron chi connectivity index (χ2n) is 2.09. The van der Waals surface area contributed by atoms with Crippen LogP contribution in [0.25, 0.3) is 0 Å². The standard InChI is InChI=1S/C7H14N2O2/c1-8-4-3-7(5-11-2)9-6-10/h6,8H,3-5H2,1-2H3. The molecule has 0 aliphatic rings. The molecule has 4 heteroatoms. The molecule has 4 nitrogen and oxygen atoms in total. The van der Waals surface area contributed by atoms with Gasteiger partial charge in [0.1, 0.15) is 0 Å². The molecule has 0 bridgehead atoms. The molecular weight excluding hydrogens is 144 g/mol. The highest BCUT2D eigenvalue weighted by molar-refractivity contribution is 5.90. The van der Waals surface area contributed by atoms with Crippen LogP contribution in [0.1, 0.15) is 6.42 Å². The SMILES string of the molecule is CNCCC(COC)=NC=O. The summed E-state index contributed by atoms with van der Waals surface area (Å²) in [5.74, 6) is 0. The molecule has 64 valence electrons. The summed E-state index contributed by atoms with van der Waals surface area (Å²) < 4.78 is 4.84. The molecule has 0 aromatic rings. The van der Waals surface area contributed by atoms with E-state index in [1.807, 2.05) is 7.05 Å². The predicted octanol–water partition coefficient (Wildman–Crippen LogP) is -0.160. The molecule has 1 N–H and O–H groups in total. The Kier molecular flexibility index (Phi) is 6.87. The molecule has 11 heavy (non-hydrogen) atoms. The first-order valence-corrected chi connectivity index (χ1v) is 3.48. The van der Waals surface area contributed by atoms with Gasteiger partial charge in [-0.15, -0.1) is 0 Å². The Hall–Kier alpha value is -0.740. The van der Waals surface area contributed by atoms with E-state index in [9.17, 15) is 4.79 Å². The Morgan fingerprint density at radius 2 is 2.45 bits per heavy atom. The summed E-state index contributed by atoms with van der Waals surface area (Å²) in [6, 6.07) is 0. The zero-order chi connectivity index (χ0) is 8.53. The average Bonchev–Trinajstić information content (AvgIpc) is 2.01. The number of hydrogen-bond acceptors (Lipinski definition) is 3. The molecule has 0 spiro atoms. The zero-order valence-electron chi connectivity index (χ0n) is 6.96. The highest BCUT2D eigenvalue weighted by Crippen LogP contribution is 1.85. The van der Waals surface area contributed by atoms with E-state index in [-0.39, 0.29) is 0 Å². The molecule has 1 amide bonds. The third kappa shape index (κ3) is 5.69. The van der Waals surface area contributed by atoms with Crippen LogP contribution in [0.5, 0.6) is 0 Å². The number of nitrogens with zero attached hydrogens (tertiary/aromatic N) is 1. The maximum Gasteiger partial charge on any atom is 0.232 e. The minimum absolute atomic E-state index is 0.431. The maximum atomic E-state index is 9.99. The van der Waals surface area contributed by atoms with E-state index in [1.54, 1.807) is 7.11 Å². The summed E-state index contributed by atoms with van der Waals surface area (Å²) in [7, 11) is 3.44. The van der Waals surface area contributed by atoms with Gasteiger partial charge in [0.25, 0.3) is 0 Å². The molecule has 0 radical (unpaired) electrons. The van der Waals surface area contributed by atoms with Crippen LogP contribution < -0.4 is 5.32 Å². The van der Waals surface area contributed by atoms with Gasteiger partial charge in [0, 0.05) is 25.8 Å². The fourth-order valence-electron chi connectivity index (χ4n) is 0.684. The number of carbonyl (C=O) groups excluding carboxylic acids is 1. The van der Waals surface area contributed by atoms with Crippen LogP contribution in [0.4, 0.5) is 0 Å². The van der Waals surface area contributed by atoms with Crippen molar-refractivity contribution in [2.24, 2.45) is 4.99 Å². The molecule has 0 saturated heterocycles. The third-order valence-corrected chi connectivity index (χ3v) is 1.21. The van der Waals surface area contributed by atoms with Crippen LogP contribution in [0.2, 0.25) is 0 Å². The zero-order valence-corrected chi connectivity index (χ0v) is 6.96. The first-order chi connectivity index (χ1) is 5.35. The monoisotopic (exact) mass is 158 g/mol. The maximum absolute atomic E-state index is 9.99. The molecular formula is C7H14N2O2. The molecule has 0 heterocycles. The fraction of sp³-hybridized carbons (Fsp3) is 0.714. The summed E-state index contributed by atoms with van der Waals surface area (Å²) in [5.41, 5.74) is 0.775. The highest BCUT2D eigenvalue weighted by Gasteiger charge is 1.96. The average molecular weight is 158 g/mol. The van der Waals surface area contributed by atoms with Gasteiger partial charge in [0.2, 0.25) is 6.41 Å². The van der Waals surface area contributed by atoms with Gasteiger partial charge in [-0.1, -0.05) is 0 Å². The van der Waals surface area contributed by atoms with Gasteiger partial charge in [-0.05, 0) is 7.05 Å². The second-order valence-corrected chi connectivity index (χ2v) is 2.09. The lowest BCUT2D eigenvalue weighted by atomic mass is 10.3. The number of nitrogens with one attached hydrogen (secondary N) is 1. The Balaban J connectivity index is 3.69. The van der Waals surface area contributed by atoms with Gasteiger partial charge in [0.15, 0.2) is 0 Å². The Bertz CT molecular complexity index is 134. The number of amides is 1. The second kappa shape index (κ2) is 7.37. The minimum atomic E-state index is 0.431. The van der Waals surface area contributed by atoms with Crippen LogP contribution in [-0.4, -0.2) is 39.4 Å². The van der Waals surface area contributed by atoms with Gasteiger partial charge in [-0.25, -0.2) is 4.99 Å². The summed E-state index contributed by atoms with van der Waals surface area (Å²) in [5, 5.41) is 2.96. The first kappa shape index (κ1) is 10.3. The molecule has 0 aliphatic heterocycles. The van der Waals surface area contributed by atoms with Crippen LogP contribution in [0.3, 0.4) is 0 Å². The number of aliphatic imine (C=N–C) groups is 1. The van der Waals surface area contributed by atoms with E-state index in [4.69, 9.17) is 4.74 Å². The summed E-state index contributed by atoms with van der Waals surface area (Å²) in [6.45, 7) is 1.25. The first-order valence-electron chi connectivity index (χ1n) is 3.48. The summed E-state index contributed by atoms with van der Waals surface area (Å²) >= 11 is 0. The molecule has 0 unspecified atom stereocenters. The van der Waals surface area contributed by atoms with E-state index in [2.05, 4.69) is 10.3 Å². The quantitative estimate of drug-likeness (QED) is 0.431. The van der Waals surface area contributed by atoms with Crippen molar-refractivity contribution in [1.82, 2.24) is 5.32 Å². The van der Waals surface area contributed by atoms with E-state index in [0.29, 0.717) is 13.0 Å². The number of hydrogen-bond donors (Lipinski definition) is 1. The molecule has 0 aliphatic carbocycles. The number of methoxy groups -OCH3 is 1. The molecule has 0 aromatic carbocycles. The van der Waals surface area contributed by atoms with Gasteiger partial charge < -0.3 is 10.1 Å². The predicted molar refractivity (Wildman–Crippen MR) is 43.9 cm³/mol. The van der Waals surface area contributed by atoms with Crippen LogP contribution in [0, 0.1) is 0 Å². The van der Waals surface area contributed by atoms with Gasteiger partial charge in [-0.2, -0.15) is 0 Å². The smallest absolute Gasteiger partial charge is 0.232 e. The lowest BCUT2D eigenvalue weighted by molar-refractivity contribution is -0.106. The van der Waals surface area contributed by atoms with Crippen molar-refractivity contribution in [3.05, 3.63) is 0 Å². The van der Waals surface area contributed by atoms with Crippen molar-refractivity contribution in [3.8, 4) is 0 Å². The molecule has 0 rings (SSSR count). The van der Waals surface area contributed by atoms with Gasteiger partial charge in [-0.3, -0.25) is 4.79 Å². The number of ether oxygens (including phenoxy) is 1. The Labute approximate surface area is 66.6 Å². The van der Waals surface area contributed by atoms with E-state index in [0.717, 1.165) is 18.7 Å². The van der Waals surface area contributed by atoms with Crippen LogP contribution in [-0.2, 0) is 9.53 Å². The largest absolute Gasteiger partial charge is 0.379 e. The van der Waals surface area contributed by atoms with Crippen molar-refractivity contribution < 1.29 is 9.53 Å². The fourth-order valence-corrected chi connectivity index (χ4v) is 0.684. The van der Waals surface area contributed by atoms with E-state index in [1.165, 1.54) is 0 Å². The topological polar surface area (TPSA) is 50.7 Å². The molecule has 0 fully saturated rings. The number of rotatable bonds is 6. The van der Waals surface area contributed by atoms with E-state index < -0.39 is 0 Å². The summed E-state index contributed by atoms with van der Waals surface area (Å²) in [6.07, 6.45) is 1.30. The van der Waals surface area contributed by atoms with Crippen molar-refractivity contribution in [3.63, 3.8) is 0 Å². The normalized spacial score (nSPS) is 11.6. The lowest BCUT2D eigenvalue weighted by Crippen LogP contribution is -2.16. The van der Waals surface area contributed by atoms with Crippen LogP contribution in [0.15, 0.2) is 4.99 Å². The van der Waals surface area contributed by atoms with Crippen molar-refractivity contribution in [1.29, 1.82) is 0 Å². The number of carbonyl (C=O) groups is 1. The minimum Gasteiger partial charge on any atom is -0.379 e. The van der Waals surface area contributed by atoms with Gasteiger partial charge >= 0.3 is 0 Å². The Morgan fingerprint density at radius 1 is 1.73 bits per heavy atom. The van der Waals surface area contributed by atoms with E-state index >= 15 is 0 Å². The van der Waals surface area contributed by atoms with Crippen molar-refractivity contribution >= 4 is 12.1 Å². The van der Waals surface area contributed by atoms with Crippen molar-refractivity contribution in [2.75, 3.05) is 27.3 Å². The lowest BCUT2D eigenvalue weighted by Gasteiger charge is -2.01. The van der Waals surface area contributed by atoms with Crippen LogP contribution >= 0.6 is 0 Å². The molecule has 0 atom stereocenters. The van der Waals surface area contributed by atoms with Crippen molar-refractivity contribution in [2.45, 2.75) is 6.42 Å². The highest BCUT2D eigenvalue weighted by atomic mass is 16.5. The Morgan fingerprint density at radius 3 is 2.91 bits per heavy atom. The summed E-state index contributed by atoms with van der Waals surface area (Å²) in [4.78, 5) is 13.6. The molecule has 0 saturated carbocycles. The third-order valence-electron chi connectivity index (χ3n) is 1.21. The molecule has 0 aromatic heterocycles. The van der Waals surface area contributed by atoms with Gasteiger partial charge in [0.05, 0.1) is 6.61 Å².